The highest BCUT2D eigenvalue weighted by Crippen LogP contribution is 2.43. The molecule has 176 valence electrons. The monoisotopic (exact) mass is 479 g/mol. The van der Waals surface area contributed by atoms with Crippen LogP contribution in [0.2, 0.25) is 5.02 Å². The summed E-state index contributed by atoms with van der Waals surface area (Å²) in [5.74, 6) is -0.141. The molecule has 1 aliphatic heterocycles. The Morgan fingerprint density at radius 3 is 2.44 bits per heavy atom. The fourth-order valence-corrected chi connectivity index (χ4v) is 4.20. The fourth-order valence-electron chi connectivity index (χ4n) is 4.03. The number of Topliss-reactive ketones (excluding diaryl/α,β-unsaturated/α-hetero) is 1. The highest BCUT2D eigenvalue weighted by atomic mass is 35.5. The van der Waals surface area contributed by atoms with Crippen molar-refractivity contribution < 1.29 is 23.8 Å². The molecule has 2 aromatic carbocycles. The number of ether oxygens (including phenoxy) is 1. The van der Waals surface area contributed by atoms with Gasteiger partial charge in [-0.15, -0.1) is 0 Å². The summed E-state index contributed by atoms with van der Waals surface area (Å²) in [5.41, 5.74) is 2.46. The van der Waals surface area contributed by atoms with E-state index in [9.17, 15) is 14.7 Å². The predicted octanol–water partition coefficient (Wildman–Crippen LogP) is 6.27. The van der Waals surface area contributed by atoms with Crippen LogP contribution in [0.15, 0.2) is 58.5 Å². The molecule has 1 unspecified atom stereocenters. The standard InChI is InChI=1S/C27H26ClNO5/c1-5-12-33-21-11-8-18(13-16(21)3)25(30)23-24(22-10-7-17(4)34-22)29(27(32)26(23)31)19-9-6-15(2)20(28)14-19/h6-11,13-14,24,30H,5,12H2,1-4H3/b25-23-. The van der Waals surface area contributed by atoms with Gasteiger partial charge in [-0.1, -0.05) is 24.6 Å². The molecule has 6 nitrogen and oxygen atoms in total. The van der Waals surface area contributed by atoms with Crippen LogP contribution in [-0.2, 0) is 9.59 Å². The topological polar surface area (TPSA) is 80.0 Å². The number of anilines is 1. The van der Waals surface area contributed by atoms with Crippen LogP contribution in [0, 0.1) is 20.8 Å². The normalized spacial score (nSPS) is 17.4. The van der Waals surface area contributed by atoms with E-state index in [4.69, 9.17) is 20.8 Å². The Hall–Kier alpha value is -3.51. The number of rotatable bonds is 6. The molecule has 1 saturated heterocycles. The molecule has 0 bridgehead atoms. The number of furan rings is 1. The number of nitrogens with zero attached hydrogens (tertiary/aromatic N) is 1. The van der Waals surface area contributed by atoms with Crippen LogP contribution in [0.5, 0.6) is 5.75 Å². The lowest BCUT2D eigenvalue weighted by molar-refractivity contribution is -0.132. The van der Waals surface area contributed by atoms with Gasteiger partial charge in [0, 0.05) is 16.3 Å². The molecule has 7 heteroatoms. The number of aryl methyl sites for hydroxylation is 3. The van der Waals surface area contributed by atoms with Crippen LogP contribution in [0.3, 0.4) is 0 Å². The largest absolute Gasteiger partial charge is 0.507 e. The second kappa shape index (κ2) is 9.39. The maximum Gasteiger partial charge on any atom is 0.300 e. The Morgan fingerprint density at radius 2 is 1.82 bits per heavy atom. The van der Waals surface area contributed by atoms with Crippen LogP contribution >= 0.6 is 11.6 Å². The Bertz CT molecular complexity index is 1310. The maximum atomic E-state index is 13.2. The number of carbonyl (C=O) groups is 2. The van der Waals surface area contributed by atoms with Crippen molar-refractivity contribution in [3.05, 3.63) is 87.3 Å². The lowest BCUT2D eigenvalue weighted by Gasteiger charge is -2.24. The van der Waals surface area contributed by atoms with Crippen molar-refractivity contribution in [2.45, 2.75) is 40.2 Å². The Morgan fingerprint density at radius 1 is 1.06 bits per heavy atom. The minimum absolute atomic E-state index is 0.0438. The van der Waals surface area contributed by atoms with Gasteiger partial charge in [-0.05, 0) is 80.8 Å². The zero-order valence-electron chi connectivity index (χ0n) is 19.5. The fraction of sp³-hybridized carbons (Fsp3) is 0.259. The molecule has 1 amide bonds. The summed E-state index contributed by atoms with van der Waals surface area (Å²) in [7, 11) is 0. The molecule has 0 aliphatic carbocycles. The first-order valence-electron chi connectivity index (χ1n) is 11.1. The number of benzene rings is 2. The number of aliphatic hydroxyl groups excluding tert-OH is 1. The molecule has 2 heterocycles. The average molecular weight is 480 g/mol. The predicted molar refractivity (Wildman–Crippen MR) is 131 cm³/mol. The molecule has 1 fully saturated rings. The van der Waals surface area contributed by atoms with Gasteiger partial charge in [0.05, 0.1) is 12.2 Å². The zero-order chi connectivity index (χ0) is 24.6. The molecule has 1 aliphatic rings. The molecular formula is C27H26ClNO5. The van der Waals surface area contributed by atoms with Crippen molar-refractivity contribution in [1.29, 1.82) is 0 Å². The minimum Gasteiger partial charge on any atom is -0.507 e. The molecule has 4 rings (SSSR count). The number of halogens is 1. The van der Waals surface area contributed by atoms with Gasteiger partial charge in [0.25, 0.3) is 11.7 Å². The SMILES string of the molecule is CCCOc1ccc(/C(O)=C2/C(=O)C(=O)N(c3ccc(C)c(Cl)c3)C2c2ccc(C)o2)cc1C. The summed E-state index contributed by atoms with van der Waals surface area (Å²) in [4.78, 5) is 27.8. The van der Waals surface area contributed by atoms with Gasteiger partial charge < -0.3 is 14.3 Å². The van der Waals surface area contributed by atoms with E-state index in [1.165, 1.54) is 4.90 Å². The first-order valence-corrected chi connectivity index (χ1v) is 11.5. The molecule has 1 aromatic heterocycles. The van der Waals surface area contributed by atoms with Gasteiger partial charge in [-0.3, -0.25) is 14.5 Å². The van der Waals surface area contributed by atoms with Gasteiger partial charge >= 0.3 is 0 Å². The summed E-state index contributed by atoms with van der Waals surface area (Å²) in [6.07, 6.45) is 0.871. The third-order valence-electron chi connectivity index (χ3n) is 5.82. The molecule has 0 saturated carbocycles. The molecule has 0 radical (unpaired) electrons. The second-order valence-electron chi connectivity index (χ2n) is 8.38. The van der Waals surface area contributed by atoms with E-state index < -0.39 is 17.7 Å². The third-order valence-corrected chi connectivity index (χ3v) is 6.23. The highest BCUT2D eigenvalue weighted by molar-refractivity contribution is 6.51. The summed E-state index contributed by atoms with van der Waals surface area (Å²) in [6.45, 7) is 8.09. The summed E-state index contributed by atoms with van der Waals surface area (Å²) in [6, 6.07) is 12.8. The molecule has 0 spiro atoms. The highest BCUT2D eigenvalue weighted by Gasteiger charge is 2.48. The first-order chi connectivity index (χ1) is 16.2. The van der Waals surface area contributed by atoms with E-state index in [-0.39, 0.29) is 11.3 Å². The number of hydrogen-bond acceptors (Lipinski definition) is 5. The van der Waals surface area contributed by atoms with Crippen LogP contribution in [0.4, 0.5) is 5.69 Å². The quantitative estimate of drug-likeness (QED) is 0.256. The minimum atomic E-state index is -0.941. The van der Waals surface area contributed by atoms with E-state index in [1.807, 2.05) is 20.8 Å². The number of carbonyl (C=O) groups excluding carboxylic acids is 2. The third kappa shape index (κ3) is 4.21. The van der Waals surface area contributed by atoms with E-state index >= 15 is 0 Å². The lowest BCUT2D eigenvalue weighted by atomic mass is 9.98. The maximum absolute atomic E-state index is 13.2. The van der Waals surface area contributed by atoms with Crippen LogP contribution < -0.4 is 9.64 Å². The van der Waals surface area contributed by atoms with Gasteiger partial charge in [0.2, 0.25) is 0 Å². The van der Waals surface area contributed by atoms with E-state index in [0.717, 1.165) is 17.5 Å². The number of hydrogen-bond donors (Lipinski definition) is 1. The average Bonchev–Trinajstić information content (AvgIpc) is 3.35. The van der Waals surface area contributed by atoms with Crippen LogP contribution in [0.1, 0.15) is 47.6 Å². The Kier molecular flexibility index (Phi) is 6.53. The Balaban J connectivity index is 1.87. The van der Waals surface area contributed by atoms with Gasteiger partial charge in [-0.2, -0.15) is 0 Å². The molecule has 1 N–H and O–H groups in total. The summed E-state index contributed by atoms with van der Waals surface area (Å²) >= 11 is 6.32. The van der Waals surface area contributed by atoms with Crippen LogP contribution in [0.25, 0.3) is 5.76 Å². The van der Waals surface area contributed by atoms with Gasteiger partial charge in [-0.25, -0.2) is 0 Å². The van der Waals surface area contributed by atoms with Gasteiger partial charge in [0.1, 0.15) is 29.1 Å². The first kappa shape index (κ1) is 23.6. The second-order valence-corrected chi connectivity index (χ2v) is 8.79. The number of amides is 1. The van der Waals surface area contributed by atoms with Crippen molar-refractivity contribution in [2.24, 2.45) is 0 Å². The smallest absolute Gasteiger partial charge is 0.300 e. The van der Waals surface area contributed by atoms with Crippen molar-refractivity contribution in [3.63, 3.8) is 0 Å². The van der Waals surface area contributed by atoms with Crippen molar-refractivity contribution >= 4 is 34.7 Å². The van der Waals surface area contributed by atoms with Gasteiger partial charge in [0.15, 0.2) is 0 Å². The van der Waals surface area contributed by atoms with Crippen molar-refractivity contribution in [3.8, 4) is 5.75 Å². The number of ketones is 1. The molecule has 1 atom stereocenters. The van der Waals surface area contributed by atoms with Crippen LogP contribution in [-0.4, -0.2) is 23.4 Å². The summed E-state index contributed by atoms with van der Waals surface area (Å²) in [5, 5.41) is 11.7. The lowest BCUT2D eigenvalue weighted by Crippen LogP contribution is -2.29. The van der Waals surface area contributed by atoms with E-state index in [0.29, 0.717) is 40.2 Å². The van der Waals surface area contributed by atoms with Crippen molar-refractivity contribution in [1.82, 2.24) is 0 Å². The molecule has 3 aromatic rings. The molecular weight excluding hydrogens is 454 g/mol. The number of aliphatic hydroxyl groups is 1. The van der Waals surface area contributed by atoms with E-state index in [2.05, 4.69) is 0 Å². The summed E-state index contributed by atoms with van der Waals surface area (Å²) < 4.78 is 11.5. The molecule has 34 heavy (non-hydrogen) atoms. The van der Waals surface area contributed by atoms with Crippen molar-refractivity contribution in [2.75, 3.05) is 11.5 Å². The zero-order valence-corrected chi connectivity index (χ0v) is 20.3. The van der Waals surface area contributed by atoms with E-state index in [1.54, 1.807) is 55.5 Å². The Labute approximate surface area is 203 Å².